The second kappa shape index (κ2) is 11.3. The molecule has 0 unspecified atom stereocenters. The van der Waals surface area contributed by atoms with Crippen LogP contribution in [0.5, 0.6) is 5.75 Å². The van der Waals surface area contributed by atoms with E-state index in [4.69, 9.17) is 4.74 Å². The molecule has 0 bridgehead atoms. The maximum absolute atomic E-state index is 14.0. The first-order chi connectivity index (χ1) is 21.0. The van der Waals surface area contributed by atoms with Gasteiger partial charge >= 0.3 is 11.0 Å². The number of methoxy groups -OCH3 is 1. The highest BCUT2D eigenvalue weighted by Crippen LogP contribution is 2.54. The lowest BCUT2D eigenvalue weighted by atomic mass is 9.83. The summed E-state index contributed by atoms with van der Waals surface area (Å²) in [6.45, 7) is 1.51. The Morgan fingerprint density at radius 2 is 1.70 bits per heavy atom. The van der Waals surface area contributed by atoms with Crippen LogP contribution in [0.4, 0.5) is 24.5 Å². The third-order valence-electron chi connectivity index (χ3n) is 7.58. The highest BCUT2D eigenvalue weighted by molar-refractivity contribution is 8.00. The van der Waals surface area contributed by atoms with Gasteiger partial charge in [0.25, 0.3) is 0 Å². The molecule has 0 saturated carbocycles. The van der Waals surface area contributed by atoms with Crippen LogP contribution in [-0.2, 0) is 27.1 Å². The number of halogens is 3. The molecule has 8 nitrogen and oxygen atoms in total. The molecule has 3 amide bonds. The fourth-order valence-corrected chi connectivity index (χ4v) is 8.41. The van der Waals surface area contributed by atoms with Crippen LogP contribution in [-0.4, -0.2) is 34.6 Å². The fourth-order valence-electron chi connectivity index (χ4n) is 5.64. The van der Waals surface area contributed by atoms with Crippen LogP contribution < -0.4 is 19.8 Å². The van der Waals surface area contributed by atoms with E-state index >= 15 is 0 Å². The first-order valence-corrected chi connectivity index (χ1v) is 15.1. The fraction of sp³-hybridized carbons (Fsp3) is 0.226. The van der Waals surface area contributed by atoms with Crippen LogP contribution in [0.15, 0.2) is 82.6 Å². The van der Waals surface area contributed by atoms with Crippen LogP contribution in [0.1, 0.15) is 27.5 Å². The Morgan fingerprint density at radius 3 is 2.39 bits per heavy atom. The number of aryl methyl sites for hydroxylation is 1. The molecule has 1 aromatic heterocycles. The zero-order valence-electron chi connectivity index (χ0n) is 23.3. The number of ether oxygens (including phenoxy) is 1. The van der Waals surface area contributed by atoms with Crippen molar-refractivity contribution in [3.05, 3.63) is 104 Å². The zero-order valence-corrected chi connectivity index (χ0v) is 24.9. The molecule has 3 heterocycles. The number of hydrogen-bond acceptors (Lipinski definition) is 7. The molecule has 0 spiro atoms. The van der Waals surface area contributed by atoms with Crippen LogP contribution >= 0.6 is 23.1 Å². The monoisotopic (exact) mass is 639 g/mol. The number of carbonyl (C=O) groups is 3. The van der Waals surface area contributed by atoms with E-state index < -0.39 is 57.1 Å². The number of aromatic nitrogens is 1. The largest absolute Gasteiger partial charge is 0.497 e. The van der Waals surface area contributed by atoms with Crippen LogP contribution in [0, 0.1) is 12.8 Å². The van der Waals surface area contributed by atoms with Crippen molar-refractivity contribution in [1.82, 2.24) is 4.57 Å². The molecule has 1 saturated heterocycles. The second-order valence-corrected chi connectivity index (χ2v) is 12.5. The highest BCUT2D eigenvalue weighted by Gasteiger charge is 2.57. The summed E-state index contributed by atoms with van der Waals surface area (Å²) in [6, 6.07) is 18.3. The smallest absolute Gasteiger partial charge is 0.418 e. The molecular weight excluding hydrogens is 615 g/mol. The molecular formula is C31H24F3N3O5S2. The number of thioether (sulfide) groups is 1. The number of benzene rings is 3. The second-order valence-electron chi connectivity index (χ2n) is 10.4. The van der Waals surface area contributed by atoms with E-state index in [9.17, 15) is 32.3 Å². The van der Waals surface area contributed by atoms with Crippen LogP contribution in [0.2, 0.25) is 0 Å². The van der Waals surface area contributed by atoms with Gasteiger partial charge < -0.3 is 10.1 Å². The van der Waals surface area contributed by atoms with Crippen molar-refractivity contribution in [2.75, 3.05) is 17.3 Å². The summed E-state index contributed by atoms with van der Waals surface area (Å²) in [5.41, 5.74) is 0.402. The Kier molecular flexibility index (Phi) is 7.62. The van der Waals surface area contributed by atoms with Gasteiger partial charge in [-0.25, -0.2) is 4.90 Å². The van der Waals surface area contributed by atoms with Gasteiger partial charge in [0.1, 0.15) is 17.5 Å². The number of nitrogens with one attached hydrogen (secondary N) is 1. The molecule has 0 aliphatic carbocycles. The molecule has 1 fully saturated rings. The molecule has 226 valence electrons. The van der Waals surface area contributed by atoms with Crippen molar-refractivity contribution in [3.8, 4) is 5.75 Å². The molecule has 1 N–H and O–H groups in total. The summed E-state index contributed by atoms with van der Waals surface area (Å²) < 4.78 is 48.4. The van der Waals surface area contributed by atoms with Crippen molar-refractivity contribution < 1.29 is 32.3 Å². The number of amides is 3. The zero-order chi connectivity index (χ0) is 31.3. The molecule has 0 radical (unpaired) electrons. The minimum atomic E-state index is -4.81. The maximum atomic E-state index is 14.0. The standard InChI is InChI=1S/C31H24F3N3O5S2/c1-16-6-5-7-18(14-16)35-22(38)15-36-29-26(44-30(36)41)23(17-10-12-19(42-2)13-11-17)24-25(43-29)28(40)37(27(24)39)21-9-4-3-8-20(21)31(32,33)34/h3-14,23-25H,15H2,1-2H3,(H,35,38)/t23-,24-,25+/m0/s1. The summed E-state index contributed by atoms with van der Waals surface area (Å²) >= 11 is 1.78. The summed E-state index contributed by atoms with van der Waals surface area (Å²) in [7, 11) is 1.49. The van der Waals surface area contributed by atoms with Crippen molar-refractivity contribution in [3.63, 3.8) is 0 Å². The lowest BCUT2D eigenvalue weighted by Gasteiger charge is -2.30. The lowest BCUT2D eigenvalue weighted by molar-refractivity contribution is -0.137. The molecule has 4 aromatic rings. The summed E-state index contributed by atoms with van der Waals surface area (Å²) in [5.74, 6) is -3.48. The third kappa shape index (κ3) is 5.19. The number of anilines is 2. The molecule has 6 rings (SSSR count). The van der Waals surface area contributed by atoms with Gasteiger partial charge in [0.05, 0.1) is 29.3 Å². The number of fused-ring (bicyclic) bond motifs is 2. The van der Waals surface area contributed by atoms with Gasteiger partial charge in [-0.05, 0) is 54.4 Å². The molecule has 2 aliphatic rings. The molecule has 44 heavy (non-hydrogen) atoms. The number of alkyl halides is 3. The maximum Gasteiger partial charge on any atom is 0.418 e. The molecule has 13 heteroatoms. The first kappa shape index (κ1) is 29.7. The SMILES string of the molecule is COc1ccc([C@@H]2c3sc(=O)n(CC(=O)Nc4cccc(C)c4)c3S[C@H]3C(=O)N(c4ccccc4C(F)(F)F)C(=O)[C@@H]23)cc1. The van der Waals surface area contributed by atoms with Gasteiger partial charge in [-0.15, -0.1) is 0 Å². The average Bonchev–Trinajstić information content (AvgIpc) is 3.42. The van der Waals surface area contributed by atoms with Gasteiger partial charge in [-0.3, -0.25) is 23.7 Å². The van der Waals surface area contributed by atoms with Crippen LogP contribution in [0.25, 0.3) is 0 Å². The Balaban J connectivity index is 1.43. The summed E-state index contributed by atoms with van der Waals surface area (Å²) in [4.78, 5) is 54.8. The Labute approximate surface area is 257 Å². The van der Waals surface area contributed by atoms with E-state index in [1.165, 1.54) is 23.8 Å². The number of nitrogens with zero attached hydrogens (tertiary/aromatic N) is 2. The number of rotatable bonds is 6. The van der Waals surface area contributed by atoms with E-state index in [1.54, 1.807) is 42.5 Å². The van der Waals surface area contributed by atoms with Gasteiger partial charge in [-0.2, -0.15) is 13.2 Å². The number of para-hydroxylation sites is 1. The normalized spacial score (nSPS) is 19.5. The first-order valence-electron chi connectivity index (χ1n) is 13.4. The van der Waals surface area contributed by atoms with Crippen molar-refractivity contribution in [2.45, 2.75) is 35.8 Å². The predicted molar refractivity (Wildman–Crippen MR) is 160 cm³/mol. The van der Waals surface area contributed by atoms with E-state index in [0.717, 1.165) is 40.8 Å². The van der Waals surface area contributed by atoms with E-state index in [0.29, 0.717) is 31.8 Å². The van der Waals surface area contributed by atoms with Gasteiger partial charge in [0, 0.05) is 16.5 Å². The predicted octanol–water partition coefficient (Wildman–Crippen LogP) is 5.68. The van der Waals surface area contributed by atoms with Crippen molar-refractivity contribution in [2.24, 2.45) is 5.92 Å². The summed E-state index contributed by atoms with van der Waals surface area (Å²) in [6.07, 6.45) is -4.81. The van der Waals surface area contributed by atoms with Gasteiger partial charge in [-0.1, -0.05) is 59.5 Å². The molecule has 2 aliphatic heterocycles. The number of imide groups is 1. The number of carbonyl (C=O) groups excluding carboxylic acids is 3. The summed E-state index contributed by atoms with van der Waals surface area (Å²) in [5, 5.41) is 1.96. The van der Waals surface area contributed by atoms with Crippen molar-refractivity contribution in [1.29, 1.82) is 0 Å². The van der Waals surface area contributed by atoms with E-state index in [-0.39, 0.29) is 6.54 Å². The Bertz CT molecular complexity index is 1850. The molecule has 3 aromatic carbocycles. The Morgan fingerprint density at radius 1 is 0.977 bits per heavy atom. The minimum Gasteiger partial charge on any atom is -0.497 e. The highest BCUT2D eigenvalue weighted by atomic mass is 32.2. The van der Waals surface area contributed by atoms with Crippen molar-refractivity contribution >= 4 is 52.2 Å². The minimum absolute atomic E-state index is 0.327. The number of hydrogen-bond donors (Lipinski definition) is 1. The molecule has 3 atom stereocenters. The third-order valence-corrected chi connectivity index (χ3v) is 10.2. The number of thiazole rings is 1. The Hall–Kier alpha value is -4.36. The van der Waals surface area contributed by atoms with E-state index in [2.05, 4.69) is 5.32 Å². The van der Waals surface area contributed by atoms with E-state index in [1.807, 2.05) is 13.0 Å². The van der Waals surface area contributed by atoms with Gasteiger partial charge in [0.15, 0.2) is 0 Å². The average molecular weight is 640 g/mol. The quantitative estimate of drug-likeness (QED) is 0.273. The van der Waals surface area contributed by atoms with Gasteiger partial charge in [0.2, 0.25) is 17.7 Å². The topological polar surface area (TPSA) is 97.7 Å². The van der Waals surface area contributed by atoms with Crippen LogP contribution in [0.3, 0.4) is 0 Å². The lowest BCUT2D eigenvalue weighted by Crippen LogP contribution is -2.33.